The van der Waals surface area contributed by atoms with Crippen LogP contribution in [0.15, 0.2) is 52.9 Å². The standard InChI is InChI=1S/C12H12N6/c13-12(14)18-17-8-9-3-1-4-10(7-9)11-15-5-2-6-16-11/h1-8H,(H4,13,14,18). The molecule has 0 amide bonds. The Bertz CT molecular complexity index is 572. The van der Waals surface area contributed by atoms with E-state index >= 15 is 0 Å². The molecule has 18 heavy (non-hydrogen) atoms. The summed E-state index contributed by atoms with van der Waals surface area (Å²) in [5.74, 6) is 0.586. The third-order valence-electron chi connectivity index (χ3n) is 2.09. The van der Waals surface area contributed by atoms with Crippen LogP contribution in [-0.4, -0.2) is 22.1 Å². The summed E-state index contributed by atoms with van der Waals surface area (Å²) in [6, 6.07) is 9.38. The maximum atomic E-state index is 5.17. The molecule has 0 fully saturated rings. The molecule has 0 atom stereocenters. The molecule has 0 radical (unpaired) electrons. The second-order valence-corrected chi connectivity index (χ2v) is 3.47. The number of hydrogen-bond donors (Lipinski definition) is 2. The van der Waals surface area contributed by atoms with Crippen LogP contribution < -0.4 is 11.5 Å². The number of aromatic nitrogens is 2. The molecule has 0 unspecified atom stereocenters. The van der Waals surface area contributed by atoms with Gasteiger partial charge >= 0.3 is 0 Å². The Kier molecular flexibility index (Phi) is 3.60. The van der Waals surface area contributed by atoms with Crippen molar-refractivity contribution in [1.82, 2.24) is 9.97 Å². The lowest BCUT2D eigenvalue weighted by molar-refractivity contribution is 1.17. The van der Waals surface area contributed by atoms with E-state index < -0.39 is 0 Å². The van der Waals surface area contributed by atoms with E-state index in [1.807, 2.05) is 24.3 Å². The minimum absolute atomic E-state index is 0.0752. The Morgan fingerprint density at radius 3 is 2.61 bits per heavy atom. The highest BCUT2D eigenvalue weighted by Gasteiger charge is 1.99. The summed E-state index contributed by atoms with van der Waals surface area (Å²) in [4.78, 5) is 8.35. The van der Waals surface area contributed by atoms with Gasteiger partial charge in [0.05, 0.1) is 6.21 Å². The molecule has 6 heteroatoms. The largest absolute Gasteiger partial charge is 0.369 e. The van der Waals surface area contributed by atoms with Gasteiger partial charge in [0.25, 0.3) is 0 Å². The molecule has 2 rings (SSSR count). The highest BCUT2D eigenvalue weighted by Crippen LogP contribution is 2.14. The Morgan fingerprint density at radius 1 is 1.11 bits per heavy atom. The first-order chi connectivity index (χ1) is 8.75. The van der Waals surface area contributed by atoms with Gasteiger partial charge in [0, 0.05) is 18.0 Å². The Balaban J connectivity index is 2.26. The second-order valence-electron chi connectivity index (χ2n) is 3.47. The van der Waals surface area contributed by atoms with Crippen LogP contribution in [0.25, 0.3) is 11.4 Å². The summed E-state index contributed by atoms with van der Waals surface area (Å²) in [7, 11) is 0. The summed E-state index contributed by atoms with van der Waals surface area (Å²) in [6.45, 7) is 0. The van der Waals surface area contributed by atoms with Gasteiger partial charge in [-0.25, -0.2) is 9.97 Å². The minimum atomic E-state index is -0.0752. The van der Waals surface area contributed by atoms with E-state index in [9.17, 15) is 0 Å². The molecule has 0 aliphatic carbocycles. The molecule has 0 spiro atoms. The number of benzene rings is 1. The van der Waals surface area contributed by atoms with Crippen LogP contribution in [0.4, 0.5) is 0 Å². The Labute approximate surface area is 104 Å². The van der Waals surface area contributed by atoms with Crippen LogP contribution in [0.5, 0.6) is 0 Å². The van der Waals surface area contributed by atoms with E-state index in [1.54, 1.807) is 24.7 Å². The van der Waals surface area contributed by atoms with Crippen molar-refractivity contribution in [2.24, 2.45) is 21.7 Å². The van der Waals surface area contributed by atoms with Gasteiger partial charge in [0.15, 0.2) is 5.82 Å². The first-order valence-electron chi connectivity index (χ1n) is 5.25. The fourth-order valence-electron chi connectivity index (χ4n) is 1.37. The lowest BCUT2D eigenvalue weighted by Gasteiger charge is -1.99. The van der Waals surface area contributed by atoms with E-state index in [2.05, 4.69) is 20.2 Å². The quantitative estimate of drug-likeness (QED) is 0.469. The number of hydrogen-bond acceptors (Lipinski definition) is 4. The van der Waals surface area contributed by atoms with Crippen LogP contribution in [0.3, 0.4) is 0 Å². The maximum Gasteiger partial charge on any atom is 0.211 e. The van der Waals surface area contributed by atoms with E-state index in [0.717, 1.165) is 11.1 Å². The van der Waals surface area contributed by atoms with Crippen molar-refractivity contribution in [1.29, 1.82) is 0 Å². The highest BCUT2D eigenvalue weighted by atomic mass is 15.3. The van der Waals surface area contributed by atoms with E-state index in [4.69, 9.17) is 11.5 Å². The van der Waals surface area contributed by atoms with Crippen molar-refractivity contribution in [3.05, 3.63) is 48.3 Å². The van der Waals surface area contributed by atoms with Crippen LogP contribution in [0.1, 0.15) is 5.56 Å². The van der Waals surface area contributed by atoms with E-state index in [1.165, 1.54) is 0 Å². The molecule has 2 aromatic rings. The summed E-state index contributed by atoms with van der Waals surface area (Å²) in [6.07, 6.45) is 4.96. The first-order valence-corrected chi connectivity index (χ1v) is 5.25. The first kappa shape index (κ1) is 11.7. The molecular weight excluding hydrogens is 228 g/mol. The fourth-order valence-corrected chi connectivity index (χ4v) is 1.37. The predicted molar refractivity (Wildman–Crippen MR) is 70.9 cm³/mol. The smallest absolute Gasteiger partial charge is 0.211 e. The molecule has 0 bridgehead atoms. The van der Waals surface area contributed by atoms with Gasteiger partial charge in [-0.05, 0) is 17.7 Å². The number of nitrogens with zero attached hydrogens (tertiary/aromatic N) is 4. The van der Waals surface area contributed by atoms with Gasteiger partial charge in [0.2, 0.25) is 5.96 Å². The molecular formula is C12H12N6. The van der Waals surface area contributed by atoms with Crippen LogP contribution in [0.2, 0.25) is 0 Å². The zero-order valence-electron chi connectivity index (χ0n) is 9.56. The van der Waals surface area contributed by atoms with Crippen molar-refractivity contribution in [2.45, 2.75) is 0 Å². The van der Waals surface area contributed by atoms with E-state index in [0.29, 0.717) is 5.82 Å². The molecule has 90 valence electrons. The zero-order valence-corrected chi connectivity index (χ0v) is 9.56. The molecule has 4 N–H and O–H groups in total. The summed E-state index contributed by atoms with van der Waals surface area (Å²) >= 11 is 0. The van der Waals surface area contributed by atoms with Gasteiger partial charge in [-0.2, -0.15) is 5.10 Å². The molecule has 0 saturated carbocycles. The maximum absolute atomic E-state index is 5.17. The average Bonchev–Trinajstić information content (AvgIpc) is 2.40. The third kappa shape index (κ3) is 3.11. The average molecular weight is 240 g/mol. The van der Waals surface area contributed by atoms with Gasteiger partial charge in [-0.15, -0.1) is 5.10 Å². The van der Waals surface area contributed by atoms with Gasteiger partial charge in [-0.1, -0.05) is 18.2 Å². The fraction of sp³-hybridized carbons (Fsp3) is 0. The number of rotatable bonds is 3. The predicted octanol–water partition coefficient (Wildman–Crippen LogP) is 0.751. The molecule has 1 aromatic carbocycles. The van der Waals surface area contributed by atoms with Crippen molar-refractivity contribution in [2.75, 3.05) is 0 Å². The monoisotopic (exact) mass is 240 g/mol. The SMILES string of the molecule is NC(N)=NN=Cc1cccc(-c2ncccn2)c1. The normalized spacial score (nSPS) is 10.4. The van der Waals surface area contributed by atoms with Crippen LogP contribution >= 0.6 is 0 Å². The molecule has 1 aromatic heterocycles. The van der Waals surface area contributed by atoms with Gasteiger partial charge in [0.1, 0.15) is 0 Å². The summed E-state index contributed by atoms with van der Waals surface area (Å²) < 4.78 is 0. The molecule has 6 nitrogen and oxygen atoms in total. The van der Waals surface area contributed by atoms with Crippen molar-refractivity contribution >= 4 is 12.2 Å². The van der Waals surface area contributed by atoms with Gasteiger partial charge in [-0.3, -0.25) is 0 Å². The van der Waals surface area contributed by atoms with Gasteiger partial charge < -0.3 is 11.5 Å². The Hall–Kier alpha value is -2.76. The topological polar surface area (TPSA) is 103 Å². The van der Waals surface area contributed by atoms with Crippen molar-refractivity contribution in [3.63, 3.8) is 0 Å². The number of nitrogens with two attached hydrogens (primary N) is 2. The Morgan fingerprint density at radius 2 is 1.89 bits per heavy atom. The molecule has 0 saturated heterocycles. The lowest BCUT2D eigenvalue weighted by Crippen LogP contribution is -2.21. The second kappa shape index (κ2) is 5.53. The van der Waals surface area contributed by atoms with Crippen LogP contribution in [0, 0.1) is 0 Å². The molecule has 0 aliphatic heterocycles. The molecule has 1 heterocycles. The minimum Gasteiger partial charge on any atom is -0.369 e. The lowest BCUT2D eigenvalue weighted by atomic mass is 10.1. The van der Waals surface area contributed by atoms with Crippen LogP contribution in [-0.2, 0) is 0 Å². The van der Waals surface area contributed by atoms with Crippen molar-refractivity contribution < 1.29 is 0 Å². The number of guanidine groups is 1. The highest BCUT2D eigenvalue weighted by molar-refractivity contribution is 5.83. The zero-order chi connectivity index (χ0) is 12.8. The van der Waals surface area contributed by atoms with Crippen molar-refractivity contribution in [3.8, 4) is 11.4 Å². The third-order valence-corrected chi connectivity index (χ3v) is 2.09. The van der Waals surface area contributed by atoms with E-state index in [-0.39, 0.29) is 5.96 Å². The summed E-state index contributed by atoms with van der Waals surface area (Å²) in [5.41, 5.74) is 12.1. The molecule has 0 aliphatic rings. The summed E-state index contributed by atoms with van der Waals surface area (Å²) in [5, 5.41) is 7.28.